The molecule has 1 aliphatic rings. The Labute approximate surface area is 189 Å². The van der Waals surface area contributed by atoms with Crippen molar-refractivity contribution in [2.24, 2.45) is 0 Å². The summed E-state index contributed by atoms with van der Waals surface area (Å²) in [6.45, 7) is 25.2. The summed E-state index contributed by atoms with van der Waals surface area (Å²) in [7, 11) is -2.58. The zero-order valence-electron chi connectivity index (χ0n) is 21.5. The molecule has 1 aromatic carbocycles. The number of fused-ring (bicyclic) bond motifs is 2. The van der Waals surface area contributed by atoms with Gasteiger partial charge in [0.2, 0.25) is 0 Å². The first-order valence-electron chi connectivity index (χ1n) is 12.2. The third-order valence-corrected chi connectivity index (χ3v) is 18.8. The van der Waals surface area contributed by atoms with Gasteiger partial charge in [-0.25, -0.2) is 0 Å². The summed E-state index contributed by atoms with van der Waals surface area (Å²) >= 11 is 0. The van der Waals surface area contributed by atoms with Crippen molar-refractivity contribution in [1.82, 2.24) is 0 Å². The second-order valence-corrected chi connectivity index (χ2v) is 19.9. The Balaban J connectivity index is 2.75. The fourth-order valence-corrected chi connectivity index (χ4v) is 14.4. The first-order valence-corrected chi connectivity index (χ1v) is 16.6. The van der Waals surface area contributed by atoms with E-state index < -0.39 is 14.5 Å². The largest absolute Gasteiger partial charge is 0.494 e. The normalized spacial score (nSPS) is 19.1. The smallest absolute Gasteiger partial charge is 0.120 e. The third kappa shape index (κ3) is 5.15. The van der Waals surface area contributed by atoms with E-state index in [-0.39, 0.29) is 0 Å². The Hall–Kier alpha value is -0.380. The van der Waals surface area contributed by atoms with Gasteiger partial charge in [0.15, 0.2) is 0 Å². The quantitative estimate of drug-likeness (QED) is 0.283. The van der Waals surface area contributed by atoms with Gasteiger partial charge >= 0.3 is 0 Å². The standard InChI is InChI=1S/C27H48OP2/c1-11-12-13-28-27-16-25-18-29(20(2)3,21(4)5)14-15-30(22(6)7,23(8)9)19-26(17-27)24(25)10/h14-17,20-23H,11-13,18-19H2,1-10H3/q+2/b15-14+. The second kappa shape index (κ2) is 10.5. The first kappa shape index (κ1) is 25.9. The van der Waals surface area contributed by atoms with Crippen LogP contribution in [0.4, 0.5) is 0 Å². The van der Waals surface area contributed by atoms with Crippen molar-refractivity contribution < 1.29 is 4.74 Å². The van der Waals surface area contributed by atoms with Gasteiger partial charge in [-0.1, -0.05) is 13.3 Å². The highest BCUT2D eigenvalue weighted by Crippen LogP contribution is 2.77. The van der Waals surface area contributed by atoms with Gasteiger partial charge in [-0.05, 0) is 97.6 Å². The van der Waals surface area contributed by atoms with E-state index in [4.69, 9.17) is 4.74 Å². The molecule has 0 amide bonds. The van der Waals surface area contributed by atoms with Gasteiger partial charge < -0.3 is 4.74 Å². The molecule has 0 N–H and O–H groups in total. The highest BCUT2D eigenvalue weighted by atomic mass is 31.2. The highest BCUT2D eigenvalue weighted by Gasteiger charge is 2.49. The fraction of sp³-hybridized carbons (Fsp3) is 0.704. The van der Waals surface area contributed by atoms with Crippen molar-refractivity contribution in [2.45, 2.75) is 117 Å². The summed E-state index contributed by atoms with van der Waals surface area (Å²) < 4.78 is 6.28. The molecule has 170 valence electrons. The molecule has 3 heteroatoms. The molecule has 0 atom stereocenters. The van der Waals surface area contributed by atoms with Crippen LogP contribution in [0.5, 0.6) is 5.75 Å². The number of rotatable bonds is 8. The first-order chi connectivity index (χ1) is 14.0. The number of benzene rings is 1. The molecule has 0 saturated carbocycles. The lowest BCUT2D eigenvalue weighted by molar-refractivity contribution is 0.309. The van der Waals surface area contributed by atoms with Gasteiger partial charge in [0.1, 0.15) is 5.75 Å². The molecule has 30 heavy (non-hydrogen) atoms. The summed E-state index contributed by atoms with van der Waals surface area (Å²) in [4.78, 5) is 0. The molecule has 1 aromatic rings. The van der Waals surface area contributed by atoms with Gasteiger partial charge in [0, 0.05) is 0 Å². The Morgan fingerprint density at radius 3 is 1.50 bits per heavy atom. The van der Waals surface area contributed by atoms with Gasteiger partial charge in [-0.3, -0.25) is 0 Å². The van der Waals surface area contributed by atoms with Crippen molar-refractivity contribution in [2.75, 3.05) is 6.61 Å². The zero-order valence-corrected chi connectivity index (χ0v) is 23.2. The van der Waals surface area contributed by atoms with Crippen molar-refractivity contribution >= 4 is 14.5 Å². The van der Waals surface area contributed by atoms with Crippen LogP contribution in [0.1, 0.15) is 91.8 Å². The molecular formula is C27H48OP2+2. The Morgan fingerprint density at radius 2 is 1.17 bits per heavy atom. The van der Waals surface area contributed by atoms with Crippen LogP contribution in [0.25, 0.3) is 0 Å². The van der Waals surface area contributed by atoms with E-state index in [1.807, 2.05) is 0 Å². The number of hydrogen-bond donors (Lipinski definition) is 0. The van der Waals surface area contributed by atoms with Crippen LogP contribution in [-0.2, 0) is 12.3 Å². The van der Waals surface area contributed by atoms with Gasteiger partial charge in [0.05, 0.1) is 67.7 Å². The van der Waals surface area contributed by atoms with Crippen LogP contribution >= 0.6 is 14.5 Å². The van der Waals surface area contributed by atoms with Crippen LogP contribution < -0.4 is 4.74 Å². The van der Waals surface area contributed by atoms with E-state index in [9.17, 15) is 0 Å². The lowest BCUT2D eigenvalue weighted by Crippen LogP contribution is -2.17. The average Bonchev–Trinajstić information content (AvgIpc) is 2.68. The fourth-order valence-electron chi connectivity index (χ4n) is 5.11. The minimum atomic E-state index is -1.29. The number of unbranched alkanes of at least 4 members (excludes halogenated alkanes) is 1. The maximum atomic E-state index is 6.28. The van der Waals surface area contributed by atoms with Gasteiger partial charge in [-0.15, -0.1) is 0 Å². The highest BCUT2D eigenvalue weighted by molar-refractivity contribution is 7.82. The lowest BCUT2D eigenvalue weighted by atomic mass is 10.0. The predicted molar refractivity (Wildman–Crippen MR) is 143 cm³/mol. The Kier molecular flexibility index (Phi) is 9.05. The lowest BCUT2D eigenvalue weighted by Gasteiger charge is -2.34. The molecule has 1 aliphatic heterocycles. The molecule has 2 bridgehead atoms. The molecular weight excluding hydrogens is 402 g/mol. The average molecular weight is 451 g/mol. The van der Waals surface area contributed by atoms with Crippen LogP contribution in [0.2, 0.25) is 0 Å². The molecule has 0 radical (unpaired) electrons. The number of hydrogen-bond acceptors (Lipinski definition) is 1. The topological polar surface area (TPSA) is 9.23 Å². The molecule has 2 rings (SSSR count). The minimum absolute atomic E-state index is 0.709. The van der Waals surface area contributed by atoms with Crippen LogP contribution in [-0.4, -0.2) is 29.2 Å². The SMILES string of the molecule is CCCCOc1cc2c(C)c(c1)C[P+](C(C)C)(C(C)C)/C=C/[P+](C(C)C)(C(C)C)C2. The van der Waals surface area contributed by atoms with E-state index in [0.717, 1.165) is 18.8 Å². The molecule has 0 aromatic heterocycles. The molecule has 0 spiro atoms. The summed E-state index contributed by atoms with van der Waals surface area (Å²) in [5.74, 6) is 6.70. The molecule has 1 nitrogen and oxygen atoms in total. The maximum absolute atomic E-state index is 6.28. The van der Waals surface area contributed by atoms with E-state index >= 15 is 0 Å². The molecule has 0 aliphatic carbocycles. The van der Waals surface area contributed by atoms with Crippen LogP contribution in [0.15, 0.2) is 23.8 Å². The van der Waals surface area contributed by atoms with Crippen molar-refractivity contribution in [3.63, 3.8) is 0 Å². The van der Waals surface area contributed by atoms with Gasteiger partial charge in [-0.2, -0.15) is 0 Å². The van der Waals surface area contributed by atoms with Crippen molar-refractivity contribution in [3.05, 3.63) is 40.5 Å². The number of ether oxygens (including phenoxy) is 1. The minimum Gasteiger partial charge on any atom is -0.494 e. The third-order valence-electron chi connectivity index (χ3n) is 7.72. The van der Waals surface area contributed by atoms with Crippen LogP contribution in [0, 0.1) is 6.92 Å². The molecule has 0 unspecified atom stereocenters. The predicted octanol–water partition coefficient (Wildman–Crippen LogP) is 9.33. The maximum Gasteiger partial charge on any atom is 0.120 e. The van der Waals surface area contributed by atoms with Crippen LogP contribution in [0.3, 0.4) is 0 Å². The zero-order chi connectivity index (χ0) is 22.7. The summed E-state index contributed by atoms with van der Waals surface area (Å²) in [5.41, 5.74) is 7.47. The summed E-state index contributed by atoms with van der Waals surface area (Å²) in [6, 6.07) is 4.77. The van der Waals surface area contributed by atoms with E-state index in [1.54, 1.807) is 11.1 Å². The van der Waals surface area contributed by atoms with Crippen molar-refractivity contribution in [1.29, 1.82) is 0 Å². The molecule has 0 fully saturated rings. The second-order valence-electron chi connectivity index (χ2n) is 10.5. The Morgan fingerprint density at radius 1 is 0.767 bits per heavy atom. The van der Waals surface area contributed by atoms with Gasteiger partial charge in [0.25, 0.3) is 0 Å². The van der Waals surface area contributed by atoms with E-state index in [0.29, 0.717) is 22.6 Å². The summed E-state index contributed by atoms with van der Waals surface area (Å²) in [6.07, 6.45) is 4.75. The monoisotopic (exact) mass is 450 g/mol. The molecule has 0 saturated heterocycles. The van der Waals surface area contributed by atoms with E-state index in [2.05, 4.69) is 93.0 Å². The van der Waals surface area contributed by atoms with E-state index in [1.165, 1.54) is 24.3 Å². The summed E-state index contributed by atoms with van der Waals surface area (Å²) in [5, 5.41) is 0. The van der Waals surface area contributed by atoms with Crippen molar-refractivity contribution in [3.8, 4) is 5.75 Å². The molecule has 1 heterocycles. The Bertz CT molecular complexity index is 661.